The zero-order chi connectivity index (χ0) is 11.7. The first-order valence-electron chi connectivity index (χ1n) is 4.85. The number of fused-ring (bicyclic) bond motifs is 1. The first kappa shape index (κ1) is 10.4. The minimum absolute atomic E-state index is 0.224. The van der Waals surface area contributed by atoms with E-state index < -0.39 is 0 Å². The molecule has 0 aliphatic rings. The summed E-state index contributed by atoms with van der Waals surface area (Å²) in [6.45, 7) is 1.78. The summed E-state index contributed by atoms with van der Waals surface area (Å²) in [6.07, 6.45) is -0.224. The van der Waals surface area contributed by atoms with E-state index >= 15 is 0 Å². The van der Waals surface area contributed by atoms with E-state index in [4.69, 9.17) is 5.73 Å². The Hall–Kier alpha value is -2.08. The number of benzene rings is 1. The molecule has 0 saturated carbocycles. The molecule has 1 aromatic heterocycles. The molecule has 0 aliphatic heterocycles. The first-order chi connectivity index (χ1) is 7.58. The Labute approximate surface area is 90.5 Å². The summed E-state index contributed by atoms with van der Waals surface area (Å²) in [4.78, 5) is 22.9. The van der Waals surface area contributed by atoms with Gasteiger partial charge in [0.25, 0.3) is 11.1 Å². The van der Waals surface area contributed by atoms with E-state index in [0.717, 1.165) is 0 Å². The molecule has 1 heterocycles. The molecule has 2 rings (SSSR count). The molecule has 1 atom stereocenters. The summed E-state index contributed by atoms with van der Waals surface area (Å²) in [6, 6.07) is 4.90. The maximum Gasteiger partial charge on any atom is 0.270 e. The molecule has 0 radical (unpaired) electrons. The number of nitrogens with one attached hydrogen (secondary N) is 3. The smallest absolute Gasteiger partial charge is 0.270 e. The summed E-state index contributed by atoms with van der Waals surface area (Å²) < 4.78 is 0. The third kappa shape index (κ3) is 1.82. The molecule has 5 N–H and O–H groups in total. The zero-order valence-electron chi connectivity index (χ0n) is 8.70. The van der Waals surface area contributed by atoms with Gasteiger partial charge in [0.05, 0.1) is 16.9 Å². The molecule has 2 aromatic rings. The lowest BCUT2D eigenvalue weighted by Crippen LogP contribution is -2.25. The molecule has 16 heavy (non-hydrogen) atoms. The van der Waals surface area contributed by atoms with Gasteiger partial charge in [0.15, 0.2) is 0 Å². The van der Waals surface area contributed by atoms with Crippen molar-refractivity contribution in [1.82, 2.24) is 10.2 Å². The summed E-state index contributed by atoms with van der Waals surface area (Å²) in [5.74, 6) is 0. The third-order valence-corrected chi connectivity index (χ3v) is 2.19. The van der Waals surface area contributed by atoms with Crippen molar-refractivity contribution >= 4 is 16.5 Å². The molecule has 0 amide bonds. The Kier molecular flexibility index (Phi) is 2.49. The minimum Gasteiger partial charge on any atom is -0.370 e. The monoisotopic (exact) mass is 220 g/mol. The van der Waals surface area contributed by atoms with Crippen molar-refractivity contribution in [1.29, 1.82) is 0 Å². The zero-order valence-corrected chi connectivity index (χ0v) is 8.70. The van der Waals surface area contributed by atoms with Crippen LogP contribution in [0, 0.1) is 0 Å². The molecular formula is C10H12N4O2. The third-order valence-electron chi connectivity index (χ3n) is 2.19. The Morgan fingerprint density at radius 2 is 1.81 bits per heavy atom. The van der Waals surface area contributed by atoms with Gasteiger partial charge in [-0.2, -0.15) is 0 Å². The Morgan fingerprint density at radius 3 is 2.44 bits per heavy atom. The number of hydrogen-bond donors (Lipinski definition) is 4. The van der Waals surface area contributed by atoms with Gasteiger partial charge in [0.2, 0.25) is 0 Å². The number of anilines is 1. The molecular weight excluding hydrogens is 208 g/mol. The van der Waals surface area contributed by atoms with Gasteiger partial charge < -0.3 is 11.1 Å². The molecule has 6 heteroatoms. The average Bonchev–Trinajstić information content (AvgIpc) is 2.23. The van der Waals surface area contributed by atoms with Gasteiger partial charge in [-0.25, -0.2) is 0 Å². The van der Waals surface area contributed by atoms with E-state index in [1.165, 1.54) is 0 Å². The second-order valence-electron chi connectivity index (χ2n) is 3.60. The van der Waals surface area contributed by atoms with Crippen LogP contribution in [0.15, 0.2) is 27.8 Å². The highest BCUT2D eigenvalue weighted by Gasteiger charge is 2.04. The predicted octanol–water partition coefficient (Wildman–Crippen LogP) is -0.0670. The fourth-order valence-electron chi connectivity index (χ4n) is 1.53. The van der Waals surface area contributed by atoms with Crippen molar-refractivity contribution in [2.45, 2.75) is 13.1 Å². The van der Waals surface area contributed by atoms with Crippen LogP contribution in [0.5, 0.6) is 0 Å². The van der Waals surface area contributed by atoms with Gasteiger partial charge in [-0.05, 0) is 25.1 Å². The van der Waals surface area contributed by atoms with E-state index in [-0.39, 0.29) is 17.3 Å². The van der Waals surface area contributed by atoms with Crippen LogP contribution in [0.25, 0.3) is 10.8 Å². The quantitative estimate of drug-likeness (QED) is 0.532. The van der Waals surface area contributed by atoms with Gasteiger partial charge in [0.1, 0.15) is 0 Å². The van der Waals surface area contributed by atoms with E-state index in [0.29, 0.717) is 16.5 Å². The fraction of sp³-hybridized carbons (Fsp3) is 0.200. The fourth-order valence-corrected chi connectivity index (χ4v) is 1.53. The molecule has 6 nitrogen and oxygen atoms in total. The number of rotatable bonds is 2. The van der Waals surface area contributed by atoms with E-state index in [1.807, 2.05) is 0 Å². The summed E-state index contributed by atoms with van der Waals surface area (Å²) in [5, 5.41) is 8.19. The highest BCUT2D eigenvalue weighted by molar-refractivity contribution is 5.83. The lowest BCUT2D eigenvalue weighted by Gasteiger charge is -2.09. The van der Waals surface area contributed by atoms with Crippen molar-refractivity contribution in [2.24, 2.45) is 5.73 Å². The van der Waals surface area contributed by atoms with Crippen LogP contribution >= 0.6 is 0 Å². The molecule has 0 spiro atoms. The van der Waals surface area contributed by atoms with Gasteiger partial charge in [-0.15, -0.1) is 0 Å². The van der Waals surface area contributed by atoms with E-state index in [9.17, 15) is 9.59 Å². The highest BCUT2D eigenvalue weighted by Crippen LogP contribution is 2.12. The van der Waals surface area contributed by atoms with Gasteiger partial charge in [0, 0.05) is 5.69 Å². The Morgan fingerprint density at radius 1 is 1.19 bits per heavy atom. The number of hydrogen-bond acceptors (Lipinski definition) is 4. The Balaban J connectivity index is 2.66. The van der Waals surface area contributed by atoms with Crippen LogP contribution in [-0.2, 0) is 0 Å². The van der Waals surface area contributed by atoms with Gasteiger partial charge in [-0.3, -0.25) is 19.8 Å². The molecule has 0 aliphatic carbocycles. The summed E-state index contributed by atoms with van der Waals surface area (Å²) in [5.41, 5.74) is 5.63. The topological polar surface area (TPSA) is 104 Å². The van der Waals surface area contributed by atoms with Crippen molar-refractivity contribution in [3.05, 3.63) is 38.9 Å². The van der Waals surface area contributed by atoms with E-state index in [1.54, 1.807) is 25.1 Å². The predicted molar refractivity (Wildman–Crippen MR) is 62.5 cm³/mol. The first-order valence-corrected chi connectivity index (χ1v) is 4.85. The molecule has 0 saturated heterocycles. The number of aromatic amines is 2. The van der Waals surface area contributed by atoms with Crippen LogP contribution in [-0.4, -0.2) is 16.4 Å². The van der Waals surface area contributed by atoms with E-state index in [2.05, 4.69) is 15.5 Å². The van der Waals surface area contributed by atoms with Crippen molar-refractivity contribution in [3.8, 4) is 0 Å². The summed E-state index contributed by atoms with van der Waals surface area (Å²) in [7, 11) is 0. The van der Waals surface area contributed by atoms with Crippen LogP contribution in [0.3, 0.4) is 0 Å². The number of nitrogens with two attached hydrogens (primary N) is 1. The molecule has 0 fully saturated rings. The van der Waals surface area contributed by atoms with Crippen LogP contribution < -0.4 is 22.2 Å². The highest BCUT2D eigenvalue weighted by atomic mass is 16.1. The second kappa shape index (κ2) is 3.82. The molecule has 0 bridgehead atoms. The normalized spacial score (nSPS) is 12.6. The lowest BCUT2D eigenvalue weighted by atomic mass is 10.2. The minimum atomic E-state index is -0.331. The Bertz CT molecular complexity index is 626. The van der Waals surface area contributed by atoms with Gasteiger partial charge in [-0.1, -0.05) is 0 Å². The SMILES string of the molecule is CC(N)Nc1ccc2c(=O)[nH][nH]c(=O)c2c1. The number of H-pyrrole nitrogens is 2. The molecule has 1 aromatic carbocycles. The average molecular weight is 220 g/mol. The van der Waals surface area contributed by atoms with Crippen LogP contribution in [0.2, 0.25) is 0 Å². The van der Waals surface area contributed by atoms with Crippen LogP contribution in [0.1, 0.15) is 6.92 Å². The van der Waals surface area contributed by atoms with Crippen molar-refractivity contribution in [3.63, 3.8) is 0 Å². The largest absolute Gasteiger partial charge is 0.370 e. The van der Waals surface area contributed by atoms with Crippen molar-refractivity contribution < 1.29 is 0 Å². The molecule has 84 valence electrons. The maximum absolute atomic E-state index is 11.5. The standard InChI is InChI=1S/C10H12N4O2/c1-5(11)12-6-2-3-7-8(4-6)10(16)14-13-9(7)15/h2-5,12H,11H2,1H3,(H,13,15)(H,14,16). The summed E-state index contributed by atoms with van der Waals surface area (Å²) >= 11 is 0. The van der Waals surface area contributed by atoms with Crippen molar-refractivity contribution in [2.75, 3.05) is 5.32 Å². The maximum atomic E-state index is 11.5. The van der Waals surface area contributed by atoms with Gasteiger partial charge >= 0.3 is 0 Å². The number of aromatic nitrogens is 2. The van der Waals surface area contributed by atoms with Crippen LogP contribution in [0.4, 0.5) is 5.69 Å². The second-order valence-corrected chi connectivity index (χ2v) is 3.60. The lowest BCUT2D eigenvalue weighted by molar-refractivity contribution is 0.852. The molecule has 1 unspecified atom stereocenters.